The van der Waals surface area contributed by atoms with Gasteiger partial charge in [-0.1, -0.05) is 6.42 Å². The van der Waals surface area contributed by atoms with Crippen molar-refractivity contribution in [2.24, 2.45) is 0 Å². The first kappa shape index (κ1) is 15.0. The van der Waals surface area contributed by atoms with Crippen molar-refractivity contribution in [1.82, 2.24) is 4.90 Å². The van der Waals surface area contributed by atoms with Crippen molar-refractivity contribution in [3.63, 3.8) is 0 Å². The number of esters is 1. The Balaban J connectivity index is 1.63. The minimum atomic E-state index is -0.479. The summed E-state index contributed by atoms with van der Waals surface area (Å²) in [5, 5.41) is 10.6. The SMILES string of the molecule is CN1[C@@H]2CCC[C@H]1CC(OC(=O)c1ccc([N+](=O)[O-])cc1)C2. The van der Waals surface area contributed by atoms with Gasteiger partial charge in [-0.15, -0.1) is 0 Å². The molecular formula is C16H20N2O4. The summed E-state index contributed by atoms with van der Waals surface area (Å²) in [5.41, 5.74) is 0.347. The van der Waals surface area contributed by atoms with Gasteiger partial charge in [-0.05, 0) is 32.0 Å². The second-order valence-electron chi connectivity index (χ2n) is 6.21. The van der Waals surface area contributed by atoms with Gasteiger partial charge >= 0.3 is 5.97 Å². The lowest BCUT2D eigenvalue weighted by Gasteiger charge is -2.46. The topological polar surface area (TPSA) is 72.7 Å². The van der Waals surface area contributed by atoms with Gasteiger partial charge in [0.1, 0.15) is 6.10 Å². The Bertz CT molecular complexity index is 558. The van der Waals surface area contributed by atoms with Crippen LogP contribution in [0.2, 0.25) is 0 Å². The number of carbonyl (C=O) groups excluding carboxylic acids is 1. The molecule has 2 aliphatic heterocycles. The van der Waals surface area contributed by atoms with E-state index in [1.807, 2.05) is 0 Å². The van der Waals surface area contributed by atoms with E-state index >= 15 is 0 Å². The summed E-state index contributed by atoms with van der Waals surface area (Å²) in [5.74, 6) is -0.387. The minimum absolute atomic E-state index is 0.0228. The van der Waals surface area contributed by atoms with Gasteiger partial charge in [-0.2, -0.15) is 0 Å². The van der Waals surface area contributed by atoms with Crippen molar-refractivity contribution >= 4 is 11.7 Å². The average Bonchev–Trinajstić information content (AvgIpc) is 2.48. The third-order valence-electron chi connectivity index (χ3n) is 4.88. The van der Waals surface area contributed by atoms with E-state index in [1.54, 1.807) is 0 Å². The molecule has 22 heavy (non-hydrogen) atoms. The number of fused-ring (bicyclic) bond motifs is 2. The van der Waals surface area contributed by atoms with Gasteiger partial charge in [-0.25, -0.2) is 4.79 Å². The van der Waals surface area contributed by atoms with Gasteiger partial charge in [0.25, 0.3) is 5.69 Å². The Labute approximate surface area is 129 Å². The third kappa shape index (κ3) is 2.97. The average molecular weight is 304 g/mol. The van der Waals surface area contributed by atoms with Gasteiger partial charge in [-0.3, -0.25) is 10.1 Å². The lowest BCUT2D eigenvalue weighted by atomic mass is 9.83. The fourth-order valence-corrected chi connectivity index (χ4v) is 3.60. The summed E-state index contributed by atoms with van der Waals surface area (Å²) >= 11 is 0. The van der Waals surface area contributed by atoms with Gasteiger partial charge < -0.3 is 9.64 Å². The predicted molar refractivity (Wildman–Crippen MR) is 80.7 cm³/mol. The molecule has 0 aromatic heterocycles. The maximum atomic E-state index is 12.2. The maximum absolute atomic E-state index is 12.2. The molecule has 118 valence electrons. The summed E-state index contributed by atoms with van der Waals surface area (Å²) in [6.07, 6.45) is 5.30. The van der Waals surface area contributed by atoms with E-state index in [0.717, 1.165) is 12.8 Å². The van der Waals surface area contributed by atoms with Crippen molar-refractivity contribution in [2.75, 3.05) is 7.05 Å². The Morgan fingerprint density at radius 3 is 2.36 bits per heavy atom. The molecule has 3 atom stereocenters. The molecule has 3 rings (SSSR count). The molecule has 6 nitrogen and oxygen atoms in total. The van der Waals surface area contributed by atoms with E-state index in [0.29, 0.717) is 17.6 Å². The highest BCUT2D eigenvalue weighted by Gasteiger charge is 2.37. The molecule has 1 aromatic carbocycles. The van der Waals surface area contributed by atoms with Gasteiger partial charge in [0, 0.05) is 37.1 Å². The molecule has 0 spiro atoms. The van der Waals surface area contributed by atoms with Crippen LogP contribution in [0.3, 0.4) is 0 Å². The van der Waals surface area contributed by atoms with Crippen LogP contribution in [0.25, 0.3) is 0 Å². The van der Waals surface area contributed by atoms with Crippen molar-refractivity contribution in [2.45, 2.75) is 50.3 Å². The zero-order valence-corrected chi connectivity index (χ0v) is 12.6. The molecule has 0 amide bonds. The van der Waals surface area contributed by atoms with Crippen LogP contribution in [0.4, 0.5) is 5.69 Å². The molecule has 0 saturated carbocycles. The third-order valence-corrected chi connectivity index (χ3v) is 4.88. The smallest absolute Gasteiger partial charge is 0.338 e. The second kappa shape index (κ2) is 6.04. The van der Waals surface area contributed by atoms with Crippen LogP contribution in [0, 0.1) is 10.1 Å². The number of non-ortho nitro benzene ring substituents is 1. The number of nitro benzene ring substituents is 1. The first-order chi connectivity index (χ1) is 10.5. The molecule has 0 N–H and O–H groups in total. The van der Waals surface area contributed by atoms with E-state index in [1.165, 1.54) is 43.5 Å². The molecule has 1 aromatic rings. The highest BCUT2D eigenvalue weighted by molar-refractivity contribution is 5.89. The zero-order valence-electron chi connectivity index (χ0n) is 12.6. The fraction of sp³-hybridized carbons (Fsp3) is 0.562. The first-order valence-corrected chi connectivity index (χ1v) is 7.72. The predicted octanol–water partition coefficient (Wildman–Crippen LogP) is 2.77. The molecule has 2 heterocycles. The number of carbonyl (C=O) groups is 1. The monoisotopic (exact) mass is 304 g/mol. The Hall–Kier alpha value is -1.95. The van der Waals surface area contributed by atoms with E-state index in [-0.39, 0.29) is 17.8 Å². The number of benzene rings is 1. The maximum Gasteiger partial charge on any atom is 0.338 e. The lowest BCUT2D eigenvalue weighted by molar-refractivity contribution is -0.384. The number of nitrogens with zero attached hydrogens (tertiary/aromatic N) is 2. The van der Waals surface area contributed by atoms with E-state index < -0.39 is 4.92 Å². The minimum Gasteiger partial charge on any atom is -0.459 e. The highest BCUT2D eigenvalue weighted by atomic mass is 16.6. The van der Waals surface area contributed by atoms with Crippen LogP contribution >= 0.6 is 0 Å². The molecule has 2 bridgehead atoms. The van der Waals surface area contributed by atoms with Gasteiger partial charge in [0.2, 0.25) is 0 Å². The Morgan fingerprint density at radius 2 is 1.82 bits per heavy atom. The van der Waals surface area contributed by atoms with Crippen molar-refractivity contribution in [1.29, 1.82) is 0 Å². The number of piperidine rings is 2. The van der Waals surface area contributed by atoms with Crippen molar-refractivity contribution < 1.29 is 14.5 Å². The summed E-state index contributed by atoms with van der Waals surface area (Å²) in [6.45, 7) is 0. The number of ether oxygens (including phenoxy) is 1. The summed E-state index contributed by atoms with van der Waals surface area (Å²) < 4.78 is 5.63. The quantitative estimate of drug-likeness (QED) is 0.488. The number of nitro groups is 1. The lowest BCUT2D eigenvalue weighted by Crippen LogP contribution is -2.52. The van der Waals surface area contributed by atoms with Gasteiger partial charge in [0.15, 0.2) is 0 Å². The largest absolute Gasteiger partial charge is 0.459 e. The van der Waals surface area contributed by atoms with Crippen LogP contribution in [0.15, 0.2) is 24.3 Å². The number of rotatable bonds is 3. The van der Waals surface area contributed by atoms with Crippen LogP contribution in [-0.4, -0.2) is 41.0 Å². The normalized spacial score (nSPS) is 28.1. The molecule has 2 fully saturated rings. The van der Waals surface area contributed by atoms with Crippen LogP contribution < -0.4 is 0 Å². The standard InChI is InChI=1S/C16H20N2O4/c1-17-13-3-2-4-14(17)10-15(9-13)22-16(19)11-5-7-12(8-6-11)18(20)21/h5-8,13-15H,2-4,9-10H2,1H3/t13-,14+,15?. The fourth-order valence-electron chi connectivity index (χ4n) is 3.60. The Morgan fingerprint density at radius 1 is 1.23 bits per heavy atom. The molecule has 2 saturated heterocycles. The Kier molecular flexibility index (Phi) is 4.11. The summed E-state index contributed by atoms with van der Waals surface area (Å²) in [7, 11) is 2.16. The van der Waals surface area contributed by atoms with E-state index in [9.17, 15) is 14.9 Å². The van der Waals surface area contributed by atoms with E-state index in [4.69, 9.17) is 4.74 Å². The first-order valence-electron chi connectivity index (χ1n) is 7.72. The number of hydrogen-bond acceptors (Lipinski definition) is 5. The molecule has 2 aliphatic rings. The van der Waals surface area contributed by atoms with Crippen LogP contribution in [-0.2, 0) is 4.74 Å². The molecule has 6 heteroatoms. The molecule has 0 aliphatic carbocycles. The zero-order chi connectivity index (χ0) is 15.7. The van der Waals surface area contributed by atoms with Crippen LogP contribution in [0.5, 0.6) is 0 Å². The van der Waals surface area contributed by atoms with E-state index in [2.05, 4.69) is 11.9 Å². The van der Waals surface area contributed by atoms with Crippen molar-refractivity contribution in [3.8, 4) is 0 Å². The summed E-state index contributed by atoms with van der Waals surface area (Å²) in [4.78, 5) is 24.8. The number of hydrogen-bond donors (Lipinski definition) is 0. The van der Waals surface area contributed by atoms with Crippen molar-refractivity contribution in [3.05, 3.63) is 39.9 Å². The molecular weight excluding hydrogens is 284 g/mol. The van der Waals surface area contributed by atoms with Crippen LogP contribution in [0.1, 0.15) is 42.5 Å². The molecule has 0 radical (unpaired) electrons. The second-order valence-corrected chi connectivity index (χ2v) is 6.21. The highest BCUT2D eigenvalue weighted by Crippen LogP contribution is 2.34. The van der Waals surface area contributed by atoms with Gasteiger partial charge in [0.05, 0.1) is 10.5 Å². The summed E-state index contributed by atoms with van der Waals surface area (Å²) in [6, 6.07) is 6.58. The molecule has 1 unspecified atom stereocenters.